The zero-order valence-electron chi connectivity index (χ0n) is 14.7. The molecule has 3 heteroatoms. The smallest absolute Gasteiger partial charge is 0.413 e. The van der Waals surface area contributed by atoms with Gasteiger partial charge in [0.1, 0.15) is 0 Å². The van der Waals surface area contributed by atoms with Gasteiger partial charge in [0.05, 0.1) is 0 Å². The molecule has 0 saturated carbocycles. The van der Waals surface area contributed by atoms with E-state index in [2.05, 4.69) is 13.8 Å². The highest BCUT2D eigenvalue weighted by molar-refractivity contribution is 6.17. The first kappa shape index (κ1) is 21.0. The molecule has 0 fully saturated rings. The van der Waals surface area contributed by atoms with Crippen LogP contribution in [-0.4, -0.2) is 20.9 Å². The Labute approximate surface area is 134 Å². The van der Waals surface area contributed by atoms with Crippen molar-refractivity contribution in [1.82, 2.24) is 0 Å². The fraction of sp³-hybridized carbons (Fsp3) is 1.00. The predicted molar refractivity (Wildman–Crippen MR) is 93.6 cm³/mol. The van der Waals surface area contributed by atoms with E-state index >= 15 is 0 Å². The second kappa shape index (κ2) is 20.0. The standard InChI is InChI=1S/C18H38BO2/c1-3-5-7-9-11-13-15-17-20-19-21-18-16-14-12-10-8-6-4-2/h3-18H2,1-2H3. The lowest BCUT2D eigenvalue weighted by molar-refractivity contribution is 0.213. The molecule has 0 aliphatic heterocycles. The van der Waals surface area contributed by atoms with E-state index in [1.807, 2.05) is 0 Å². The minimum atomic E-state index is 0.810. The lowest BCUT2D eigenvalue weighted by Gasteiger charge is -2.04. The van der Waals surface area contributed by atoms with E-state index in [-0.39, 0.29) is 0 Å². The lowest BCUT2D eigenvalue weighted by atomic mass is 10.1. The van der Waals surface area contributed by atoms with Crippen molar-refractivity contribution in [3.8, 4) is 0 Å². The Morgan fingerprint density at radius 1 is 0.476 bits per heavy atom. The molecule has 0 saturated heterocycles. The van der Waals surface area contributed by atoms with Crippen molar-refractivity contribution in [3.05, 3.63) is 0 Å². The zero-order chi connectivity index (χ0) is 15.4. The summed E-state index contributed by atoms with van der Waals surface area (Å²) >= 11 is 0. The highest BCUT2D eigenvalue weighted by Crippen LogP contribution is 2.07. The summed E-state index contributed by atoms with van der Waals surface area (Å²) in [6, 6.07) is 0. The molecule has 0 aromatic carbocycles. The van der Waals surface area contributed by atoms with Crippen LogP contribution in [0.1, 0.15) is 104 Å². The third kappa shape index (κ3) is 20.0. The molecule has 0 atom stereocenters. The minimum absolute atomic E-state index is 0.810. The molecule has 0 aliphatic carbocycles. The van der Waals surface area contributed by atoms with Crippen molar-refractivity contribution >= 4 is 7.69 Å². The third-order valence-corrected chi connectivity index (χ3v) is 3.87. The highest BCUT2D eigenvalue weighted by Gasteiger charge is 1.96. The Kier molecular flexibility index (Phi) is 20.0. The number of hydrogen-bond acceptors (Lipinski definition) is 2. The summed E-state index contributed by atoms with van der Waals surface area (Å²) in [6.45, 7) is 6.14. The summed E-state index contributed by atoms with van der Waals surface area (Å²) in [7, 11) is 1.55. The molecule has 0 N–H and O–H groups in total. The molecule has 1 radical (unpaired) electrons. The van der Waals surface area contributed by atoms with Crippen molar-refractivity contribution in [2.45, 2.75) is 104 Å². The van der Waals surface area contributed by atoms with Gasteiger partial charge in [-0.3, -0.25) is 0 Å². The van der Waals surface area contributed by atoms with Crippen LogP contribution in [0.5, 0.6) is 0 Å². The van der Waals surface area contributed by atoms with Gasteiger partial charge in [-0.2, -0.15) is 0 Å². The van der Waals surface area contributed by atoms with Crippen LogP contribution in [0.2, 0.25) is 0 Å². The predicted octanol–water partition coefficient (Wildman–Crippen LogP) is 6.06. The van der Waals surface area contributed by atoms with E-state index in [0.29, 0.717) is 0 Å². The van der Waals surface area contributed by atoms with Gasteiger partial charge < -0.3 is 9.31 Å². The lowest BCUT2D eigenvalue weighted by Crippen LogP contribution is -2.07. The summed E-state index contributed by atoms with van der Waals surface area (Å²) in [6.07, 6.45) is 18.6. The number of unbranched alkanes of at least 4 members (excludes halogenated alkanes) is 12. The van der Waals surface area contributed by atoms with Gasteiger partial charge in [-0.25, -0.2) is 0 Å². The minimum Gasteiger partial charge on any atom is -0.413 e. The first-order valence-electron chi connectivity index (χ1n) is 9.46. The molecule has 0 heterocycles. The Balaban J connectivity index is 2.90. The number of hydrogen-bond donors (Lipinski definition) is 0. The topological polar surface area (TPSA) is 18.5 Å². The maximum atomic E-state index is 5.37. The van der Waals surface area contributed by atoms with E-state index in [4.69, 9.17) is 9.31 Å². The molecular weight excluding hydrogens is 259 g/mol. The van der Waals surface area contributed by atoms with Crippen molar-refractivity contribution in [2.75, 3.05) is 13.2 Å². The molecule has 0 spiro atoms. The second-order valence-corrected chi connectivity index (χ2v) is 6.08. The largest absolute Gasteiger partial charge is 0.487 e. The normalized spacial score (nSPS) is 11.0. The average Bonchev–Trinajstić information content (AvgIpc) is 2.50. The molecule has 0 bridgehead atoms. The van der Waals surface area contributed by atoms with Crippen molar-refractivity contribution in [2.24, 2.45) is 0 Å². The Morgan fingerprint density at radius 2 is 0.810 bits per heavy atom. The van der Waals surface area contributed by atoms with Gasteiger partial charge in [-0.15, -0.1) is 0 Å². The first-order chi connectivity index (χ1) is 10.4. The van der Waals surface area contributed by atoms with Crippen LogP contribution in [0.15, 0.2) is 0 Å². The van der Waals surface area contributed by atoms with Gasteiger partial charge in [0.2, 0.25) is 0 Å². The molecule has 2 nitrogen and oxygen atoms in total. The Hall–Kier alpha value is -0.0151. The second-order valence-electron chi connectivity index (χ2n) is 6.08. The van der Waals surface area contributed by atoms with Crippen molar-refractivity contribution in [1.29, 1.82) is 0 Å². The summed E-state index contributed by atoms with van der Waals surface area (Å²) in [5.41, 5.74) is 0. The van der Waals surface area contributed by atoms with Gasteiger partial charge in [0.25, 0.3) is 0 Å². The van der Waals surface area contributed by atoms with Crippen LogP contribution in [0.25, 0.3) is 0 Å². The average molecular weight is 297 g/mol. The molecule has 0 aliphatic rings. The fourth-order valence-corrected chi connectivity index (χ4v) is 2.43. The quantitative estimate of drug-likeness (QED) is 0.226. The van der Waals surface area contributed by atoms with E-state index in [9.17, 15) is 0 Å². The molecule has 0 unspecified atom stereocenters. The van der Waals surface area contributed by atoms with E-state index in [1.165, 1.54) is 77.0 Å². The van der Waals surface area contributed by atoms with E-state index in [1.54, 1.807) is 7.69 Å². The van der Waals surface area contributed by atoms with E-state index in [0.717, 1.165) is 26.1 Å². The Bertz CT molecular complexity index is 159. The maximum Gasteiger partial charge on any atom is 0.487 e. The van der Waals surface area contributed by atoms with Gasteiger partial charge in [0.15, 0.2) is 0 Å². The van der Waals surface area contributed by atoms with Crippen LogP contribution in [0.4, 0.5) is 0 Å². The van der Waals surface area contributed by atoms with Crippen LogP contribution in [-0.2, 0) is 9.31 Å². The molecule has 0 aromatic heterocycles. The maximum absolute atomic E-state index is 5.37. The first-order valence-corrected chi connectivity index (χ1v) is 9.46. The van der Waals surface area contributed by atoms with Gasteiger partial charge in [0, 0.05) is 13.2 Å². The van der Waals surface area contributed by atoms with Crippen molar-refractivity contribution in [3.63, 3.8) is 0 Å². The Morgan fingerprint density at radius 3 is 1.19 bits per heavy atom. The van der Waals surface area contributed by atoms with Gasteiger partial charge >= 0.3 is 7.69 Å². The van der Waals surface area contributed by atoms with E-state index < -0.39 is 0 Å². The van der Waals surface area contributed by atoms with Gasteiger partial charge in [-0.05, 0) is 12.8 Å². The monoisotopic (exact) mass is 297 g/mol. The molecule has 0 amide bonds. The summed E-state index contributed by atoms with van der Waals surface area (Å²) in [5, 5.41) is 0. The third-order valence-electron chi connectivity index (χ3n) is 3.87. The van der Waals surface area contributed by atoms with Crippen LogP contribution in [0.3, 0.4) is 0 Å². The number of rotatable bonds is 18. The van der Waals surface area contributed by atoms with Crippen molar-refractivity contribution < 1.29 is 9.31 Å². The molecule has 0 rings (SSSR count). The molecular formula is C18H38BO2. The molecule has 0 aromatic rings. The van der Waals surface area contributed by atoms with Gasteiger partial charge in [-0.1, -0.05) is 90.9 Å². The molecule has 125 valence electrons. The van der Waals surface area contributed by atoms with Crippen LogP contribution < -0.4 is 0 Å². The summed E-state index contributed by atoms with van der Waals surface area (Å²) < 4.78 is 10.7. The zero-order valence-corrected chi connectivity index (χ0v) is 14.7. The summed E-state index contributed by atoms with van der Waals surface area (Å²) in [5.74, 6) is 0. The summed E-state index contributed by atoms with van der Waals surface area (Å²) in [4.78, 5) is 0. The highest BCUT2D eigenvalue weighted by atomic mass is 16.6. The SMILES string of the molecule is CCCCCCCCCO[B]OCCCCCCCCC. The van der Waals surface area contributed by atoms with Crippen LogP contribution >= 0.6 is 0 Å². The molecule has 21 heavy (non-hydrogen) atoms. The van der Waals surface area contributed by atoms with Crippen LogP contribution in [0, 0.1) is 0 Å². The fourth-order valence-electron chi connectivity index (χ4n) is 2.43.